The van der Waals surface area contributed by atoms with E-state index in [1.165, 1.54) is 0 Å². The van der Waals surface area contributed by atoms with Gasteiger partial charge in [0, 0.05) is 24.4 Å². The number of nitrogens with zero attached hydrogens (tertiary/aromatic N) is 2. The molecule has 0 aromatic heterocycles. The third-order valence-electron chi connectivity index (χ3n) is 3.09. The second kappa shape index (κ2) is 5.14. The van der Waals surface area contributed by atoms with Crippen LogP contribution < -0.4 is 4.90 Å². The highest BCUT2D eigenvalue weighted by atomic mass is 16.6. The molecule has 1 aliphatic rings. The average Bonchev–Trinajstić information content (AvgIpc) is 2.39. The topological polar surface area (TPSA) is 55.6 Å². The molecule has 1 saturated heterocycles. The molecule has 0 N–H and O–H groups in total. The van der Waals surface area contributed by atoms with E-state index in [-0.39, 0.29) is 10.6 Å². The van der Waals surface area contributed by atoms with Gasteiger partial charge in [0.25, 0.3) is 5.69 Å². The predicted octanol–water partition coefficient (Wildman–Crippen LogP) is 2.21. The average molecular weight is 236 g/mol. The normalized spacial score (nSPS) is 20.3. The molecule has 1 aromatic rings. The van der Waals surface area contributed by atoms with E-state index in [1.807, 2.05) is 12.1 Å². The first-order valence-corrected chi connectivity index (χ1v) is 5.81. The van der Waals surface area contributed by atoms with Gasteiger partial charge in [0.15, 0.2) is 0 Å². The van der Waals surface area contributed by atoms with Gasteiger partial charge in [0.1, 0.15) is 0 Å². The first-order valence-electron chi connectivity index (χ1n) is 5.81. The summed E-state index contributed by atoms with van der Waals surface area (Å²) in [4.78, 5) is 12.5. The maximum Gasteiger partial charge on any atom is 0.269 e. The zero-order valence-corrected chi connectivity index (χ0v) is 9.83. The minimum Gasteiger partial charge on any atom is -0.377 e. The number of anilines is 1. The van der Waals surface area contributed by atoms with Crippen molar-refractivity contribution in [1.29, 1.82) is 0 Å². The van der Waals surface area contributed by atoms with Crippen molar-refractivity contribution in [3.63, 3.8) is 0 Å². The van der Waals surface area contributed by atoms with E-state index in [0.717, 1.165) is 25.3 Å². The first kappa shape index (κ1) is 11.9. The van der Waals surface area contributed by atoms with Crippen LogP contribution in [0.3, 0.4) is 0 Å². The molecule has 1 fully saturated rings. The summed E-state index contributed by atoms with van der Waals surface area (Å²) in [6.45, 7) is 4.41. The van der Waals surface area contributed by atoms with Crippen molar-refractivity contribution in [3.05, 3.63) is 34.4 Å². The minimum absolute atomic E-state index is 0.134. The summed E-state index contributed by atoms with van der Waals surface area (Å²) in [5, 5.41) is 10.6. The van der Waals surface area contributed by atoms with E-state index in [4.69, 9.17) is 4.74 Å². The molecule has 1 heterocycles. The van der Waals surface area contributed by atoms with Crippen molar-refractivity contribution in [3.8, 4) is 0 Å². The molecule has 0 saturated carbocycles. The Morgan fingerprint density at radius 2 is 2.18 bits per heavy atom. The number of hydrogen-bond acceptors (Lipinski definition) is 4. The summed E-state index contributed by atoms with van der Waals surface area (Å²) < 4.78 is 5.44. The molecule has 0 aliphatic carbocycles. The van der Waals surface area contributed by atoms with Gasteiger partial charge in [-0.25, -0.2) is 0 Å². The Labute approximate surface area is 100 Å². The second-order valence-corrected chi connectivity index (χ2v) is 4.10. The van der Waals surface area contributed by atoms with Gasteiger partial charge in [0.05, 0.1) is 24.2 Å². The summed E-state index contributed by atoms with van der Waals surface area (Å²) in [5.74, 6) is 0. The molecule has 0 spiro atoms. The van der Waals surface area contributed by atoms with Gasteiger partial charge in [-0.3, -0.25) is 10.1 Å². The molecule has 1 unspecified atom stereocenters. The first-order chi connectivity index (χ1) is 8.22. The molecular weight excluding hydrogens is 220 g/mol. The number of rotatable bonds is 3. The molecule has 92 valence electrons. The molecule has 1 atom stereocenters. The van der Waals surface area contributed by atoms with Crippen molar-refractivity contribution >= 4 is 11.4 Å². The second-order valence-electron chi connectivity index (χ2n) is 4.10. The van der Waals surface area contributed by atoms with Crippen molar-refractivity contribution < 1.29 is 9.66 Å². The Balaban J connectivity index is 2.17. The quantitative estimate of drug-likeness (QED) is 0.596. The lowest BCUT2D eigenvalue weighted by atomic mass is 10.1. The van der Waals surface area contributed by atoms with E-state index >= 15 is 0 Å². The lowest BCUT2D eigenvalue weighted by Gasteiger charge is -2.36. The maximum absolute atomic E-state index is 10.6. The Morgan fingerprint density at radius 1 is 1.47 bits per heavy atom. The van der Waals surface area contributed by atoms with Crippen LogP contribution >= 0.6 is 0 Å². The van der Waals surface area contributed by atoms with Crippen LogP contribution in [0.4, 0.5) is 11.4 Å². The lowest BCUT2D eigenvalue weighted by Crippen LogP contribution is -2.45. The van der Waals surface area contributed by atoms with Gasteiger partial charge in [-0.1, -0.05) is 6.92 Å². The predicted molar refractivity (Wildman–Crippen MR) is 65.3 cm³/mol. The highest BCUT2D eigenvalue weighted by Crippen LogP contribution is 2.23. The summed E-state index contributed by atoms with van der Waals surface area (Å²) in [6, 6.07) is 7.10. The number of ether oxygens (including phenoxy) is 1. The van der Waals surface area contributed by atoms with Crippen LogP contribution in [0.15, 0.2) is 24.3 Å². The van der Waals surface area contributed by atoms with Crippen molar-refractivity contribution in [2.75, 3.05) is 24.7 Å². The van der Waals surface area contributed by atoms with Gasteiger partial charge in [-0.05, 0) is 18.6 Å². The zero-order valence-electron chi connectivity index (χ0n) is 9.83. The van der Waals surface area contributed by atoms with E-state index in [0.29, 0.717) is 12.6 Å². The van der Waals surface area contributed by atoms with E-state index in [9.17, 15) is 10.1 Å². The number of non-ortho nitro benzene ring substituents is 1. The van der Waals surface area contributed by atoms with Gasteiger partial charge in [-0.2, -0.15) is 0 Å². The van der Waals surface area contributed by atoms with Crippen LogP contribution in [-0.4, -0.2) is 30.7 Å². The fourth-order valence-electron chi connectivity index (χ4n) is 2.10. The fourth-order valence-corrected chi connectivity index (χ4v) is 2.10. The summed E-state index contributed by atoms with van der Waals surface area (Å²) in [7, 11) is 0. The molecule has 5 heteroatoms. The Bertz CT molecular complexity index is 391. The molecule has 1 aromatic carbocycles. The third-order valence-corrected chi connectivity index (χ3v) is 3.09. The van der Waals surface area contributed by atoms with Gasteiger partial charge >= 0.3 is 0 Å². The van der Waals surface area contributed by atoms with Crippen LogP contribution in [0.5, 0.6) is 0 Å². The Kier molecular flexibility index (Phi) is 3.58. The SMILES string of the molecule is CCC1COCCN1c1ccc([N+](=O)[O-])cc1. The van der Waals surface area contributed by atoms with E-state index in [2.05, 4.69) is 11.8 Å². The van der Waals surface area contributed by atoms with Gasteiger partial charge in [0.2, 0.25) is 0 Å². The van der Waals surface area contributed by atoms with Gasteiger partial charge < -0.3 is 9.64 Å². The van der Waals surface area contributed by atoms with Crippen LogP contribution in [0.1, 0.15) is 13.3 Å². The van der Waals surface area contributed by atoms with Gasteiger partial charge in [-0.15, -0.1) is 0 Å². The monoisotopic (exact) mass is 236 g/mol. The number of benzene rings is 1. The fraction of sp³-hybridized carbons (Fsp3) is 0.500. The molecule has 0 radical (unpaired) electrons. The van der Waals surface area contributed by atoms with Crippen LogP contribution in [0.2, 0.25) is 0 Å². The maximum atomic E-state index is 10.6. The number of nitro groups is 1. The largest absolute Gasteiger partial charge is 0.377 e. The standard InChI is InChI=1S/C12H16N2O3/c1-2-10-9-17-8-7-13(10)11-3-5-12(6-4-11)14(15)16/h3-6,10H,2,7-9H2,1H3. The summed E-state index contributed by atoms with van der Waals surface area (Å²) in [5.41, 5.74) is 1.17. The van der Waals surface area contributed by atoms with Crippen LogP contribution in [0.25, 0.3) is 0 Å². The molecule has 5 nitrogen and oxygen atoms in total. The van der Waals surface area contributed by atoms with Crippen LogP contribution in [0, 0.1) is 10.1 Å². The van der Waals surface area contributed by atoms with Crippen molar-refractivity contribution in [2.24, 2.45) is 0 Å². The number of morpholine rings is 1. The number of hydrogen-bond donors (Lipinski definition) is 0. The third kappa shape index (κ3) is 2.55. The molecule has 17 heavy (non-hydrogen) atoms. The van der Waals surface area contributed by atoms with Crippen LogP contribution in [-0.2, 0) is 4.74 Å². The zero-order chi connectivity index (χ0) is 12.3. The Hall–Kier alpha value is -1.62. The number of nitro benzene ring substituents is 1. The lowest BCUT2D eigenvalue weighted by molar-refractivity contribution is -0.384. The highest BCUT2D eigenvalue weighted by Gasteiger charge is 2.21. The molecular formula is C12H16N2O3. The van der Waals surface area contributed by atoms with Crippen molar-refractivity contribution in [1.82, 2.24) is 0 Å². The molecule has 0 amide bonds. The Morgan fingerprint density at radius 3 is 2.76 bits per heavy atom. The summed E-state index contributed by atoms with van der Waals surface area (Å²) >= 11 is 0. The summed E-state index contributed by atoms with van der Waals surface area (Å²) in [6.07, 6.45) is 1.01. The molecule has 1 aliphatic heterocycles. The molecule has 2 rings (SSSR count). The molecule has 0 bridgehead atoms. The van der Waals surface area contributed by atoms with E-state index < -0.39 is 0 Å². The smallest absolute Gasteiger partial charge is 0.269 e. The van der Waals surface area contributed by atoms with E-state index in [1.54, 1.807) is 12.1 Å². The minimum atomic E-state index is -0.375. The highest BCUT2D eigenvalue weighted by molar-refractivity contribution is 5.51. The van der Waals surface area contributed by atoms with Crippen molar-refractivity contribution in [2.45, 2.75) is 19.4 Å².